The van der Waals surface area contributed by atoms with E-state index in [0.717, 1.165) is 12.1 Å². The molecule has 0 fully saturated rings. The number of esters is 1. The summed E-state index contributed by atoms with van der Waals surface area (Å²) >= 11 is 0. The molecule has 0 aliphatic rings. The van der Waals surface area contributed by atoms with Crippen molar-refractivity contribution in [3.63, 3.8) is 0 Å². The van der Waals surface area contributed by atoms with Gasteiger partial charge in [0.05, 0.1) is 18.9 Å². The highest BCUT2D eigenvalue weighted by molar-refractivity contribution is 5.97. The standard InChI is InChI=1S/C22H19F2N3O5/c1-31-21(29)12-26-22(30)13-2-5-15(6-3-13)27-19(28)8-9-20-25-11-18(32-20)16-7-4-14(23)10-17(16)24/h2-7,10-11H,8-9,12H2,1H3,(H,26,30)(H,27,28). The molecule has 2 N–H and O–H groups in total. The summed E-state index contributed by atoms with van der Waals surface area (Å²) in [5.41, 5.74) is 0.860. The van der Waals surface area contributed by atoms with Crippen molar-refractivity contribution >= 4 is 23.5 Å². The molecule has 8 nitrogen and oxygen atoms in total. The molecule has 0 spiro atoms. The van der Waals surface area contributed by atoms with Crippen LogP contribution in [0.2, 0.25) is 0 Å². The summed E-state index contributed by atoms with van der Waals surface area (Å²) in [6.45, 7) is -0.246. The zero-order chi connectivity index (χ0) is 23.1. The first-order chi connectivity index (χ1) is 15.4. The number of anilines is 1. The number of hydrogen-bond donors (Lipinski definition) is 2. The van der Waals surface area contributed by atoms with E-state index in [4.69, 9.17) is 4.42 Å². The molecule has 0 saturated carbocycles. The van der Waals surface area contributed by atoms with Crippen molar-refractivity contribution in [3.05, 3.63) is 71.8 Å². The van der Waals surface area contributed by atoms with Crippen molar-refractivity contribution in [2.45, 2.75) is 12.8 Å². The number of halogens is 2. The van der Waals surface area contributed by atoms with E-state index < -0.39 is 23.5 Å². The van der Waals surface area contributed by atoms with Crippen LogP contribution in [0.3, 0.4) is 0 Å². The van der Waals surface area contributed by atoms with Crippen LogP contribution in [0.25, 0.3) is 11.3 Å². The van der Waals surface area contributed by atoms with Gasteiger partial charge in [0.2, 0.25) is 5.91 Å². The molecule has 2 amide bonds. The van der Waals surface area contributed by atoms with Crippen LogP contribution in [0, 0.1) is 11.6 Å². The van der Waals surface area contributed by atoms with Crippen LogP contribution in [-0.4, -0.2) is 36.4 Å². The maximum absolute atomic E-state index is 13.8. The highest BCUT2D eigenvalue weighted by Crippen LogP contribution is 2.24. The van der Waals surface area contributed by atoms with Gasteiger partial charge in [-0.15, -0.1) is 0 Å². The van der Waals surface area contributed by atoms with Gasteiger partial charge in [0.1, 0.15) is 18.2 Å². The number of oxazole rings is 1. The second-order valence-corrected chi connectivity index (χ2v) is 6.63. The van der Waals surface area contributed by atoms with E-state index in [-0.39, 0.29) is 42.5 Å². The van der Waals surface area contributed by atoms with Gasteiger partial charge in [-0.25, -0.2) is 13.8 Å². The fourth-order valence-corrected chi connectivity index (χ4v) is 2.72. The minimum Gasteiger partial charge on any atom is -0.468 e. The van der Waals surface area contributed by atoms with Gasteiger partial charge in [-0.1, -0.05) is 0 Å². The van der Waals surface area contributed by atoms with Crippen LogP contribution in [0.5, 0.6) is 0 Å². The Bertz CT molecular complexity index is 1130. The van der Waals surface area contributed by atoms with Crippen molar-refractivity contribution in [3.8, 4) is 11.3 Å². The molecule has 0 bridgehead atoms. The first-order valence-electron chi connectivity index (χ1n) is 9.51. The SMILES string of the molecule is COC(=O)CNC(=O)c1ccc(NC(=O)CCc2ncc(-c3ccc(F)cc3F)o2)cc1. The van der Waals surface area contributed by atoms with Gasteiger partial charge < -0.3 is 19.8 Å². The number of ether oxygens (including phenoxy) is 1. The first-order valence-corrected chi connectivity index (χ1v) is 9.51. The van der Waals surface area contributed by atoms with E-state index in [2.05, 4.69) is 20.4 Å². The average Bonchev–Trinajstić information content (AvgIpc) is 3.25. The molecule has 3 rings (SSSR count). The molecule has 32 heavy (non-hydrogen) atoms. The van der Waals surface area contributed by atoms with Gasteiger partial charge in [-0.2, -0.15) is 0 Å². The number of amides is 2. The molecule has 0 aliphatic carbocycles. The largest absolute Gasteiger partial charge is 0.468 e. The predicted octanol–water partition coefficient (Wildman–Crippen LogP) is 3.09. The Hall–Kier alpha value is -4.08. The van der Waals surface area contributed by atoms with Gasteiger partial charge >= 0.3 is 5.97 Å². The summed E-state index contributed by atoms with van der Waals surface area (Å²) in [6, 6.07) is 9.21. The predicted molar refractivity (Wildman–Crippen MR) is 110 cm³/mol. The number of aromatic nitrogens is 1. The molecule has 10 heteroatoms. The number of nitrogens with zero attached hydrogens (tertiary/aromatic N) is 1. The Morgan fingerprint density at radius 3 is 2.53 bits per heavy atom. The summed E-state index contributed by atoms with van der Waals surface area (Å²) < 4.78 is 36.8. The number of nitrogens with one attached hydrogen (secondary N) is 2. The highest BCUT2D eigenvalue weighted by atomic mass is 19.1. The van der Waals surface area contributed by atoms with Gasteiger partial charge in [-0.05, 0) is 36.4 Å². The van der Waals surface area contributed by atoms with Crippen LogP contribution in [-0.2, 0) is 20.7 Å². The third kappa shape index (κ3) is 5.97. The van der Waals surface area contributed by atoms with E-state index >= 15 is 0 Å². The lowest BCUT2D eigenvalue weighted by Gasteiger charge is -2.07. The van der Waals surface area contributed by atoms with E-state index in [0.29, 0.717) is 11.3 Å². The van der Waals surface area contributed by atoms with Crippen molar-refractivity contribution in [2.75, 3.05) is 19.0 Å². The zero-order valence-corrected chi connectivity index (χ0v) is 17.0. The normalized spacial score (nSPS) is 10.5. The Morgan fingerprint density at radius 2 is 1.84 bits per heavy atom. The molecule has 1 aromatic heterocycles. The lowest BCUT2D eigenvalue weighted by Crippen LogP contribution is -2.30. The van der Waals surface area contributed by atoms with Crippen LogP contribution in [0.1, 0.15) is 22.7 Å². The quantitative estimate of drug-likeness (QED) is 0.518. The van der Waals surface area contributed by atoms with E-state index in [1.807, 2.05) is 0 Å². The fraction of sp³-hybridized carbons (Fsp3) is 0.182. The molecular formula is C22H19F2N3O5. The van der Waals surface area contributed by atoms with Crippen LogP contribution >= 0.6 is 0 Å². The molecule has 1 heterocycles. The molecule has 0 unspecified atom stereocenters. The molecule has 3 aromatic rings. The third-order valence-corrected chi connectivity index (χ3v) is 4.37. The first kappa shape index (κ1) is 22.6. The lowest BCUT2D eigenvalue weighted by atomic mass is 10.2. The second kappa shape index (κ2) is 10.3. The molecule has 166 valence electrons. The van der Waals surface area contributed by atoms with Crippen molar-refractivity contribution in [1.82, 2.24) is 10.3 Å². The number of carbonyl (C=O) groups excluding carboxylic acids is 3. The molecule has 0 aliphatic heterocycles. The molecular weight excluding hydrogens is 424 g/mol. The number of carbonyl (C=O) groups is 3. The van der Waals surface area contributed by atoms with Gasteiger partial charge in [0.25, 0.3) is 5.91 Å². The average molecular weight is 443 g/mol. The smallest absolute Gasteiger partial charge is 0.325 e. The molecule has 0 atom stereocenters. The van der Waals surface area contributed by atoms with Gasteiger partial charge in [0, 0.05) is 30.2 Å². The van der Waals surface area contributed by atoms with Crippen LogP contribution in [0.15, 0.2) is 53.1 Å². The lowest BCUT2D eigenvalue weighted by molar-refractivity contribution is -0.139. The summed E-state index contributed by atoms with van der Waals surface area (Å²) in [4.78, 5) is 39.2. The highest BCUT2D eigenvalue weighted by Gasteiger charge is 2.13. The number of hydrogen-bond acceptors (Lipinski definition) is 6. The Labute approximate surface area is 181 Å². The second-order valence-electron chi connectivity index (χ2n) is 6.63. The number of benzene rings is 2. The zero-order valence-electron chi connectivity index (χ0n) is 17.0. The Balaban J connectivity index is 1.50. The minimum atomic E-state index is -0.770. The summed E-state index contributed by atoms with van der Waals surface area (Å²) in [5.74, 6) is -2.43. The summed E-state index contributed by atoms with van der Waals surface area (Å²) in [5, 5.41) is 5.08. The van der Waals surface area contributed by atoms with Crippen LogP contribution < -0.4 is 10.6 Å². The minimum absolute atomic E-state index is 0.0488. The number of rotatable bonds is 8. The van der Waals surface area contributed by atoms with Crippen LogP contribution in [0.4, 0.5) is 14.5 Å². The van der Waals surface area contributed by atoms with E-state index in [1.165, 1.54) is 31.5 Å². The van der Waals surface area contributed by atoms with Crippen molar-refractivity contribution in [2.24, 2.45) is 0 Å². The maximum atomic E-state index is 13.8. The van der Waals surface area contributed by atoms with Gasteiger partial charge in [-0.3, -0.25) is 14.4 Å². The van der Waals surface area contributed by atoms with Gasteiger partial charge in [0.15, 0.2) is 11.7 Å². The van der Waals surface area contributed by atoms with E-state index in [1.54, 1.807) is 12.1 Å². The van der Waals surface area contributed by atoms with Crippen molar-refractivity contribution < 1.29 is 32.3 Å². The summed E-state index contributed by atoms with van der Waals surface area (Å²) in [7, 11) is 1.22. The van der Waals surface area contributed by atoms with Crippen molar-refractivity contribution in [1.29, 1.82) is 0 Å². The monoisotopic (exact) mass is 443 g/mol. The fourth-order valence-electron chi connectivity index (χ4n) is 2.72. The Morgan fingerprint density at radius 1 is 1.09 bits per heavy atom. The molecule has 2 aromatic carbocycles. The Kier molecular flexibility index (Phi) is 7.27. The van der Waals surface area contributed by atoms with E-state index in [9.17, 15) is 23.2 Å². The third-order valence-electron chi connectivity index (χ3n) is 4.37. The molecule has 0 saturated heterocycles. The summed E-state index contributed by atoms with van der Waals surface area (Å²) in [6.07, 6.45) is 1.53. The maximum Gasteiger partial charge on any atom is 0.325 e. The number of aryl methyl sites for hydroxylation is 1. The number of methoxy groups -OCH3 is 1. The topological polar surface area (TPSA) is 111 Å². The molecule has 0 radical (unpaired) electrons.